The van der Waals surface area contributed by atoms with Gasteiger partial charge in [-0.3, -0.25) is 9.69 Å². The van der Waals surface area contributed by atoms with Crippen LogP contribution in [0.3, 0.4) is 0 Å². The van der Waals surface area contributed by atoms with E-state index in [0.29, 0.717) is 26.3 Å². The van der Waals surface area contributed by atoms with Gasteiger partial charge in [-0.05, 0) is 36.3 Å². The van der Waals surface area contributed by atoms with Gasteiger partial charge in [0.2, 0.25) is 5.91 Å². The molecule has 1 fully saturated rings. The Morgan fingerprint density at radius 1 is 1.38 bits per heavy atom. The summed E-state index contributed by atoms with van der Waals surface area (Å²) in [4.78, 5) is 16.4. The summed E-state index contributed by atoms with van der Waals surface area (Å²) in [6.07, 6.45) is 2.60. The summed E-state index contributed by atoms with van der Waals surface area (Å²) in [5, 5.41) is 5.27. The maximum Gasteiger partial charge on any atom is 0.227 e. The predicted molar refractivity (Wildman–Crippen MR) is 102 cm³/mol. The molecule has 0 bridgehead atoms. The summed E-state index contributed by atoms with van der Waals surface area (Å²) >= 11 is 1.86. The van der Waals surface area contributed by atoms with Gasteiger partial charge in [0.15, 0.2) is 0 Å². The molecule has 8 heteroatoms. The maximum absolute atomic E-state index is 12.5. The minimum absolute atomic E-state index is 0. The van der Waals surface area contributed by atoms with Gasteiger partial charge in [-0.15, -0.1) is 36.2 Å². The standard InChI is InChI=1S/C16H25N3O2S.2ClH/c17-12-16(3-8-21-9-4-16)15(20)18-5-7-19-6-1-14-13(11-19)2-10-22-14;;/h2,10H,1,3-9,11-12,17H2,(H,18,20);2*1H. The van der Waals surface area contributed by atoms with Crippen molar-refractivity contribution in [1.29, 1.82) is 0 Å². The second-order valence-corrected chi connectivity index (χ2v) is 7.25. The van der Waals surface area contributed by atoms with Gasteiger partial charge >= 0.3 is 0 Å². The first-order valence-electron chi connectivity index (χ1n) is 8.07. The minimum atomic E-state index is -0.416. The molecule has 24 heavy (non-hydrogen) atoms. The van der Waals surface area contributed by atoms with Crippen LogP contribution in [0.25, 0.3) is 0 Å². The van der Waals surface area contributed by atoms with Crippen molar-refractivity contribution in [2.45, 2.75) is 25.8 Å². The number of rotatable bonds is 5. The van der Waals surface area contributed by atoms with E-state index in [2.05, 4.69) is 21.7 Å². The molecule has 0 saturated carbocycles. The molecule has 0 unspecified atom stereocenters. The molecule has 0 spiro atoms. The molecule has 2 aliphatic rings. The normalized spacial score (nSPS) is 19.5. The van der Waals surface area contributed by atoms with Crippen LogP contribution in [-0.4, -0.2) is 50.2 Å². The minimum Gasteiger partial charge on any atom is -0.381 e. The zero-order valence-corrected chi connectivity index (χ0v) is 16.2. The van der Waals surface area contributed by atoms with E-state index >= 15 is 0 Å². The Hall–Kier alpha value is -0.370. The number of hydrogen-bond donors (Lipinski definition) is 2. The third kappa shape index (κ3) is 4.84. The average Bonchev–Trinajstić information content (AvgIpc) is 3.03. The molecule has 1 amide bonds. The Bertz CT molecular complexity index is 521. The summed E-state index contributed by atoms with van der Waals surface area (Å²) in [5.41, 5.74) is 6.90. The molecule has 3 rings (SSSR count). The van der Waals surface area contributed by atoms with Gasteiger partial charge in [0.25, 0.3) is 0 Å². The SMILES string of the molecule is Cl.Cl.NCC1(C(=O)NCCN2CCc3sccc3C2)CCOCC1. The third-order valence-electron chi connectivity index (χ3n) is 4.92. The maximum atomic E-state index is 12.5. The Morgan fingerprint density at radius 2 is 2.12 bits per heavy atom. The molecule has 5 nitrogen and oxygen atoms in total. The molecular formula is C16H27Cl2N3O2S. The van der Waals surface area contributed by atoms with Gasteiger partial charge in [-0.2, -0.15) is 0 Å². The third-order valence-corrected chi connectivity index (χ3v) is 5.95. The van der Waals surface area contributed by atoms with Crippen LogP contribution in [0.4, 0.5) is 0 Å². The van der Waals surface area contributed by atoms with E-state index in [1.807, 2.05) is 11.3 Å². The number of thiophene rings is 1. The van der Waals surface area contributed by atoms with E-state index in [4.69, 9.17) is 10.5 Å². The Balaban J connectivity index is 0.00000144. The quantitative estimate of drug-likeness (QED) is 0.797. The van der Waals surface area contributed by atoms with E-state index in [1.165, 1.54) is 10.4 Å². The van der Waals surface area contributed by atoms with Gasteiger partial charge in [0.05, 0.1) is 5.41 Å². The lowest BCUT2D eigenvalue weighted by atomic mass is 9.79. The van der Waals surface area contributed by atoms with Gasteiger partial charge < -0.3 is 15.8 Å². The van der Waals surface area contributed by atoms with E-state index < -0.39 is 5.41 Å². The van der Waals surface area contributed by atoms with Crippen molar-refractivity contribution in [2.75, 3.05) is 39.4 Å². The van der Waals surface area contributed by atoms with Crippen molar-refractivity contribution >= 4 is 42.1 Å². The van der Waals surface area contributed by atoms with E-state index in [0.717, 1.165) is 38.9 Å². The molecule has 1 aromatic heterocycles. The number of carbonyl (C=O) groups excluding carboxylic acids is 1. The number of nitrogens with one attached hydrogen (secondary N) is 1. The number of carbonyl (C=O) groups is 1. The Labute approximate surface area is 160 Å². The summed E-state index contributed by atoms with van der Waals surface area (Å²) in [5.74, 6) is 0.103. The molecule has 0 atom stereocenters. The predicted octanol–water partition coefficient (Wildman–Crippen LogP) is 1.82. The first-order valence-corrected chi connectivity index (χ1v) is 8.95. The lowest BCUT2D eigenvalue weighted by Gasteiger charge is -2.35. The van der Waals surface area contributed by atoms with Crippen molar-refractivity contribution < 1.29 is 9.53 Å². The lowest BCUT2D eigenvalue weighted by Crippen LogP contribution is -2.50. The van der Waals surface area contributed by atoms with Crippen molar-refractivity contribution in [1.82, 2.24) is 10.2 Å². The fourth-order valence-corrected chi connectivity index (χ4v) is 4.19. The van der Waals surface area contributed by atoms with E-state index in [1.54, 1.807) is 0 Å². The van der Waals surface area contributed by atoms with Gasteiger partial charge in [-0.1, -0.05) is 0 Å². The van der Waals surface area contributed by atoms with Gasteiger partial charge in [0, 0.05) is 50.8 Å². The number of fused-ring (bicyclic) bond motifs is 1. The zero-order valence-electron chi connectivity index (χ0n) is 13.8. The highest BCUT2D eigenvalue weighted by Gasteiger charge is 2.38. The molecule has 0 radical (unpaired) electrons. The van der Waals surface area contributed by atoms with Gasteiger partial charge in [-0.25, -0.2) is 0 Å². The number of ether oxygens (including phenoxy) is 1. The van der Waals surface area contributed by atoms with Crippen LogP contribution < -0.4 is 11.1 Å². The average molecular weight is 396 g/mol. The van der Waals surface area contributed by atoms with Crippen LogP contribution in [0.1, 0.15) is 23.3 Å². The molecule has 1 aromatic rings. The van der Waals surface area contributed by atoms with E-state index in [9.17, 15) is 4.79 Å². The van der Waals surface area contributed by atoms with Gasteiger partial charge in [0.1, 0.15) is 0 Å². The fraction of sp³-hybridized carbons (Fsp3) is 0.688. The number of nitrogens with two attached hydrogens (primary N) is 1. The first-order chi connectivity index (χ1) is 10.7. The van der Waals surface area contributed by atoms with Crippen LogP contribution in [0, 0.1) is 5.41 Å². The molecular weight excluding hydrogens is 369 g/mol. The monoisotopic (exact) mass is 395 g/mol. The molecule has 1 saturated heterocycles. The van der Waals surface area contributed by atoms with E-state index in [-0.39, 0.29) is 30.7 Å². The highest BCUT2D eigenvalue weighted by Crippen LogP contribution is 2.29. The second kappa shape index (κ2) is 9.94. The smallest absolute Gasteiger partial charge is 0.227 e. The topological polar surface area (TPSA) is 67.6 Å². The Kier molecular flexibility index (Phi) is 8.98. The molecule has 3 N–H and O–H groups in total. The summed E-state index contributed by atoms with van der Waals surface area (Å²) in [7, 11) is 0. The van der Waals surface area contributed by atoms with Crippen LogP contribution in [0.15, 0.2) is 11.4 Å². The lowest BCUT2D eigenvalue weighted by molar-refractivity contribution is -0.135. The highest BCUT2D eigenvalue weighted by atomic mass is 35.5. The molecule has 138 valence electrons. The van der Waals surface area contributed by atoms with Crippen molar-refractivity contribution in [3.05, 3.63) is 21.9 Å². The molecule has 0 aliphatic carbocycles. The number of amides is 1. The second-order valence-electron chi connectivity index (χ2n) is 6.25. The fourth-order valence-electron chi connectivity index (χ4n) is 3.30. The first kappa shape index (κ1) is 21.7. The summed E-state index contributed by atoms with van der Waals surface area (Å²) in [6, 6.07) is 2.22. The largest absolute Gasteiger partial charge is 0.381 e. The van der Waals surface area contributed by atoms with Crippen molar-refractivity contribution in [2.24, 2.45) is 11.1 Å². The number of halogens is 2. The summed E-state index contributed by atoms with van der Waals surface area (Å²) < 4.78 is 5.36. The van der Waals surface area contributed by atoms with Crippen LogP contribution >= 0.6 is 36.2 Å². The number of hydrogen-bond acceptors (Lipinski definition) is 5. The van der Waals surface area contributed by atoms with Crippen LogP contribution in [-0.2, 0) is 22.5 Å². The highest BCUT2D eigenvalue weighted by molar-refractivity contribution is 7.10. The van der Waals surface area contributed by atoms with Crippen molar-refractivity contribution in [3.8, 4) is 0 Å². The number of nitrogens with zero attached hydrogens (tertiary/aromatic N) is 1. The summed E-state index contributed by atoms with van der Waals surface area (Å²) in [6.45, 7) is 5.36. The Morgan fingerprint density at radius 3 is 2.83 bits per heavy atom. The zero-order chi connectivity index (χ0) is 15.4. The molecule has 2 aliphatic heterocycles. The van der Waals surface area contributed by atoms with Crippen LogP contribution in [0.5, 0.6) is 0 Å². The van der Waals surface area contributed by atoms with Crippen LogP contribution in [0.2, 0.25) is 0 Å². The molecule has 3 heterocycles. The van der Waals surface area contributed by atoms with Crippen molar-refractivity contribution in [3.63, 3.8) is 0 Å². The molecule has 0 aromatic carbocycles.